The topological polar surface area (TPSA) is 74.7 Å². The number of benzene rings is 1. The summed E-state index contributed by atoms with van der Waals surface area (Å²) in [6.45, 7) is 2.44. The minimum Gasteiger partial charge on any atom is -0.480 e. The predicted molar refractivity (Wildman–Crippen MR) is 64.9 cm³/mol. The van der Waals surface area contributed by atoms with Crippen LogP contribution in [0.2, 0.25) is 0 Å². The molecule has 0 spiro atoms. The molecule has 0 fully saturated rings. The molecule has 0 heterocycles. The lowest BCUT2D eigenvalue weighted by Crippen LogP contribution is -2.40. The molecular weight excluding hydrogens is 234 g/mol. The van der Waals surface area contributed by atoms with E-state index < -0.39 is 24.3 Å². The number of aliphatic carboxylic acids is 1. The highest BCUT2D eigenvalue weighted by Crippen LogP contribution is 2.09. The van der Waals surface area contributed by atoms with E-state index in [2.05, 4.69) is 0 Å². The second kappa shape index (κ2) is 5.95. The van der Waals surface area contributed by atoms with Gasteiger partial charge in [-0.25, -0.2) is 0 Å². The number of aryl methyl sites for hydroxylation is 1. The van der Waals surface area contributed by atoms with Gasteiger partial charge in [0.2, 0.25) is 11.8 Å². The minimum absolute atomic E-state index is 0.0273. The molecule has 0 aliphatic heterocycles. The maximum atomic E-state index is 11.9. The van der Waals surface area contributed by atoms with Crippen LogP contribution in [0.15, 0.2) is 24.3 Å². The fourth-order valence-corrected chi connectivity index (χ4v) is 1.58. The summed E-state index contributed by atoms with van der Waals surface area (Å²) in [5.74, 6) is -2.27. The SMILES string of the molecule is CC(=O)N(CC(=O)O)C(=O)Cc1ccccc1C. The summed E-state index contributed by atoms with van der Waals surface area (Å²) in [5.41, 5.74) is 1.73. The van der Waals surface area contributed by atoms with Crippen molar-refractivity contribution < 1.29 is 19.5 Å². The molecular formula is C13H15NO4. The van der Waals surface area contributed by atoms with Gasteiger partial charge >= 0.3 is 5.97 Å². The van der Waals surface area contributed by atoms with Crippen molar-refractivity contribution in [3.8, 4) is 0 Å². The molecule has 0 aliphatic rings. The smallest absolute Gasteiger partial charge is 0.323 e. The lowest BCUT2D eigenvalue weighted by Gasteiger charge is -2.17. The third-order valence-corrected chi connectivity index (χ3v) is 2.58. The molecule has 5 nitrogen and oxygen atoms in total. The second-order valence-corrected chi connectivity index (χ2v) is 4.00. The molecule has 96 valence electrons. The molecule has 0 bridgehead atoms. The zero-order valence-corrected chi connectivity index (χ0v) is 10.3. The van der Waals surface area contributed by atoms with E-state index >= 15 is 0 Å². The maximum absolute atomic E-state index is 11.9. The minimum atomic E-state index is -1.21. The monoisotopic (exact) mass is 249 g/mol. The lowest BCUT2D eigenvalue weighted by atomic mass is 10.1. The van der Waals surface area contributed by atoms with Crippen molar-refractivity contribution in [3.63, 3.8) is 0 Å². The third kappa shape index (κ3) is 3.69. The van der Waals surface area contributed by atoms with E-state index in [9.17, 15) is 14.4 Å². The van der Waals surface area contributed by atoms with Gasteiger partial charge in [-0.05, 0) is 18.1 Å². The van der Waals surface area contributed by atoms with Crippen LogP contribution in [0.4, 0.5) is 0 Å². The zero-order valence-electron chi connectivity index (χ0n) is 10.3. The van der Waals surface area contributed by atoms with Crippen molar-refractivity contribution in [2.75, 3.05) is 6.54 Å². The number of imide groups is 1. The average Bonchev–Trinajstić information content (AvgIpc) is 2.28. The Kier molecular flexibility index (Phi) is 4.59. The molecule has 0 atom stereocenters. The summed E-state index contributed by atoms with van der Waals surface area (Å²) in [5, 5.41) is 8.66. The maximum Gasteiger partial charge on any atom is 0.323 e. The van der Waals surface area contributed by atoms with Crippen LogP contribution < -0.4 is 0 Å². The Morgan fingerprint density at radius 1 is 1.22 bits per heavy atom. The fraction of sp³-hybridized carbons (Fsp3) is 0.308. The lowest BCUT2D eigenvalue weighted by molar-refractivity contribution is -0.151. The predicted octanol–water partition coefficient (Wildman–Crippen LogP) is 0.997. The Balaban J connectivity index is 2.82. The van der Waals surface area contributed by atoms with E-state index in [0.29, 0.717) is 0 Å². The normalized spacial score (nSPS) is 9.89. The molecule has 0 saturated carbocycles. The van der Waals surface area contributed by atoms with E-state index in [1.807, 2.05) is 19.1 Å². The summed E-state index contributed by atoms with van der Waals surface area (Å²) in [7, 11) is 0. The molecule has 2 amide bonds. The first kappa shape index (κ1) is 13.9. The number of carbonyl (C=O) groups is 3. The Morgan fingerprint density at radius 2 is 1.83 bits per heavy atom. The average molecular weight is 249 g/mol. The van der Waals surface area contributed by atoms with Crippen LogP contribution in [0.5, 0.6) is 0 Å². The Labute approximate surface area is 105 Å². The van der Waals surface area contributed by atoms with Crippen LogP contribution in [-0.2, 0) is 20.8 Å². The van der Waals surface area contributed by atoms with E-state index in [4.69, 9.17) is 5.11 Å². The first-order chi connectivity index (χ1) is 8.41. The molecule has 18 heavy (non-hydrogen) atoms. The van der Waals surface area contributed by atoms with Gasteiger partial charge in [0.25, 0.3) is 0 Å². The zero-order chi connectivity index (χ0) is 13.7. The molecule has 1 aromatic rings. The fourth-order valence-electron chi connectivity index (χ4n) is 1.58. The van der Waals surface area contributed by atoms with Crippen molar-refractivity contribution in [1.29, 1.82) is 0 Å². The van der Waals surface area contributed by atoms with Crippen molar-refractivity contribution in [2.45, 2.75) is 20.3 Å². The van der Waals surface area contributed by atoms with E-state index in [1.54, 1.807) is 12.1 Å². The molecule has 0 aliphatic carbocycles. The molecule has 0 aromatic heterocycles. The first-order valence-electron chi connectivity index (χ1n) is 5.49. The number of carbonyl (C=O) groups excluding carboxylic acids is 2. The molecule has 0 unspecified atom stereocenters. The van der Waals surface area contributed by atoms with E-state index in [1.165, 1.54) is 6.92 Å². The van der Waals surface area contributed by atoms with Crippen LogP contribution in [-0.4, -0.2) is 34.3 Å². The van der Waals surface area contributed by atoms with Gasteiger partial charge < -0.3 is 5.11 Å². The largest absolute Gasteiger partial charge is 0.480 e. The Bertz CT molecular complexity index is 482. The third-order valence-electron chi connectivity index (χ3n) is 2.58. The summed E-state index contributed by atoms with van der Waals surface area (Å²) in [6, 6.07) is 7.29. The highest BCUT2D eigenvalue weighted by molar-refractivity contribution is 5.97. The number of hydrogen-bond donors (Lipinski definition) is 1. The molecule has 1 N–H and O–H groups in total. The van der Waals surface area contributed by atoms with Gasteiger partial charge in [0.15, 0.2) is 0 Å². The molecule has 1 aromatic carbocycles. The van der Waals surface area contributed by atoms with Crippen LogP contribution in [0.1, 0.15) is 18.1 Å². The van der Waals surface area contributed by atoms with Gasteiger partial charge in [-0.3, -0.25) is 19.3 Å². The van der Waals surface area contributed by atoms with Crippen molar-refractivity contribution in [2.24, 2.45) is 0 Å². The van der Waals surface area contributed by atoms with Gasteiger partial charge in [0.1, 0.15) is 6.54 Å². The first-order valence-corrected chi connectivity index (χ1v) is 5.49. The Hall–Kier alpha value is -2.17. The second-order valence-electron chi connectivity index (χ2n) is 4.00. The quantitative estimate of drug-likeness (QED) is 0.863. The van der Waals surface area contributed by atoms with Gasteiger partial charge in [-0.1, -0.05) is 24.3 Å². The number of hydrogen-bond acceptors (Lipinski definition) is 3. The van der Waals surface area contributed by atoms with Crippen molar-refractivity contribution >= 4 is 17.8 Å². The van der Waals surface area contributed by atoms with E-state index in [-0.39, 0.29) is 6.42 Å². The van der Waals surface area contributed by atoms with Crippen molar-refractivity contribution in [1.82, 2.24) is 4.90 Å². The van der Waals surface area contributed by atoms with Gasteiger partial charge in [-0.15, -0.1) is 0 Å². The highest BCUT2D eigenvalue weighted by atomic mass is 16.4. The van der Waals surface area contributed by atoms with Crippen LogP contribution in [0.25, 0.3) is 0 Å². The number of carboxylic acid groups (broad SMARTS) is 1. The van der Waals surface area contributed by atoms with Crippen LogP contribution in [0, 0.1) is 6.92 Å². The highest BCUT2D eigenvalue weighted by Gasteiger charge is 2.21. The number of rotatable bonds is 4. The van der Waals surface area contributed by atoms with Gasteiger partial charge in [0, 0.05) is 6.92 Å². The van der Waals surface area contributed by atoms with E-state index in [0.717, 1.165) is 16.0 Å². The number of amides is 2. The van der Waals surface area contributed by atoms with Gasteiger partial charge in [-0.2, -0.15) is 0 Å². The number of carboxylic acids is 1. The molecule has 0 radical (unpaired) electrons. The summed E-state index contributed by atoms with van der Waals surface area (Å²) < 4.78 is 0. The summed E-state index contributed by atoms with van der Waals surface area (Å²) in [6.07, 6.45) is 0.0273. The van der Waals surface area contributed by atoms with Crippen LogP contribution in [0.3, 0.4) is 0 Å². The van der Waals surface area contributed by atoms with Gasteiger partial charge in [0.05, 0.1) is 6.42 Å². The Morgan fingerprint density at radius 3 is 2.33 bits per heavy atom. The summed E-state index contributed by atoms with van der Waals surface area (Å²) >= 11 is 0. The van der Waals surface area contributed by atoms with Crippen molar-refractivity contribution in [3.05, 3.63) is 35.4 Å². The summed E-state index contributed by atoms with van der Waals surface area (Å²) in [4.78, 5) is 34.5. The standard InChI is InChI=1S/C13H15NO4/c1-9-5-3-4-6-11(9)7-12(16)14(10(2)15)8-13(17)18/h3-6H,7-8H2,1-2H3,(H,17,18). The van der Waals surface area contributed by atoms with Crippen LogP contribution >= 0.6 is 0 Å². The molecule has 0 saturated heterocycles. The molecule has 1 rings (SSSR count). The molecule has 5 heteroatoms. The number of nitrogens with zero attached hydrogens (tertiary/aromatic N) is 1.